The third kappa shape index (κ3) is 3.04. The smallest absolute Gasteiger partial charge is 0.337 e. The van der Waals surface area contributed by atoms with Crippen LogP contribution in [0.5, 0.6) is 5.75 Å². The first-order valence-corrected chi connectivity index (χ1v) is 5.33. The van der Waals surface area contributed by atoms with Gasteiger partial charge in [0.2, 0.25) is 5.82 Å². The molecule has 0 radical (unpaired) electrons. The van der Waals surface area contributed by atoms with Crippen molar-refractivity contribution in [2.24, 2.45) is 0 Å². The second-order valence-electron chi connectivity index (χ2n) is 3.68. The summed E-state index contributed by atoms with van der Waals surface area (Å²) < 4.78 is 31.3. The summed E-state index contributed by atoms with van der Waals surface area (Å²) in [6, 6.07) is 6.41. The molecule has 0 fully saturated rings. The molecule has 4 nitrogen and oxygen atoms in total. The Morgan fingerprint density at radius 1 is 1.26 bits per heavy atom. The highest BCUT2D eigenvalue weighted by Gasteiger charge is 2.09. The van der Waals surface area contributed by atoms with E-state index in [1.807, 2.05) is 0 Å². The number of benzene rings is 1. The van der Waals surface area contributed by atoms with Crippen molar-refractivity contribution in [2.75, 3.05) is 0 Å². The van der Waals surface area contributed by atoms with Crippen molar-refractivity contribution in [1.29, 1.82) is 0 Å². The molecular formula is C13H9F2NO3. The molecule has 0 aliphatic heterocycles. The number of carboxylic acids is 1. The van der Waals surface area contributed by atoms with E-state index in [1.54, 1.807) is 0 Å². The number of carbonyl (C=O) groups is 1. The molecule has 2 rings (SSSR count). The topological polar surface area (TPSA) is 59.4 Å². The summed E-state index contributed by atoms with van der Waals surface area (Å²) in [5.74, 6) is -3.36. The highest BCUT2D eigenvalue weighted by atomic mass is 19.2. The fourth-order valence-corrected chi connectivity index (χ4v) is 1.38. The number of hydrogen-bond acceptors (Lipinski definition) is 3. The van der Waals surface area contributed by atoms with Gasteiger partial charge in [0, 0.05) is 6.20 Å². The molecule has 0 bridgehead atoms. The SMILES string of the molecule is O=C(O)c1ccc(COc2cccc(F)c2F)nc1. The van der Waals surface area contributed by atoms with Gasteiger partial charge in [0.15, 0.2) is 11.6 Å². The standard InChI is InChI=1S/C13H9F2NO3/c14-10-2-1-3-11(12(10)15)19-7-9-5-4-8(6-16-9)13(17)18/h1-6H,7H2,(H,17,18). The zero-order chi connectivity index (χ0) is 13.8. The van der Waals surface area contributed by atoms with Crippen molar-refractivity contribution in [3.05, 3.63) is 59.4 Å². The Balaban J connectivity index is 2.06. The maximum absolute atomic E-state index is 13.3. The first-order valence-electron chi connectivity index (χ1n) is 5.33. The maximum atomic E-state index is 13.3. The van der Waals surface area contributed by atoms with Gasteiger partial charge in [0.25, 0.3) is 0 Å². The van der Waals surface area contributed by atoms with Crippen LogP contribution in [0.2, 0.25) is 0 Å². The second-order valence-corrected chi connectivity index (χ2v) is 3.68. The number of aromatic nitrogens is 1. The van der Waals surface area contributed by atoms with E-state index in [0.29, 0.717) is 5.69 Å². The van der Waals surface area contributed by atoms with E-state index < -0.39 is 17.6 Å². The van der Waals surface area contributed by atoms with Crippen LogP contribution in [0, 0.1) is 11.6 Å². The van der Waals surface area contributed by atoms with Crippen LogP contribution in [-0.4, -0.2) is 16.1 Å². The van der Waals surface area contributed by atoms with E-state index >= 15 is 0 Å². The summed E-state index contributed by atoms with van der Waals surface area (Å²) in [7, 11) is 0. The molecule has 19 heavy (non-hydrogen) atoms. The third-order valence-electron chi connectivity index (χ3n) is 2.36. The fourth-order valence-electron chi connectivity index (χ4n) is 1.38. The van der Waals surface area contributed by atoms with Crippen LogP contribution < -0.4 is 4.74 Å². The molecule has 0 aliphatic rings. The van der Waals surface area contributed by atoms with Crippen LogP contribution >= 0.6 is 0 Å². The molecule has 0 atom stereocenters. The average molecular weight is 265 g/mol. The quantitative estimate of drug-likeness (QED) is 0.923. The van der Waals surface area contributed by atoms with Gasteiger partial charge in [-0.3, -0.25) is 4.98 Å². The minimum absolute atomic E-state index is 0.0423. The van der Waals surface area contributed by atoms with E-state index in [0.717, 1.165) is 6.07 Å². The molecule has 98 valence electrons. The van der Waals surface area contributed by atoms with Crippen LogP contribution in [0.15, 0.2) is 36.5 Å². The third-order valence-corrected chi connectivity index (χ3v) is 2.36. The molecule has 6 heteroatoms. The lowest BCUT2D eigenvalue weighted by Gasteiger charge is -2.07. The van der Waals surface area contributed by atoms with Crippen molar-refractivity contribution in [3.8, 4) is 5.75 Å². The lowest BCUT2D eigenvalue weighted by Crippen LogP contribution is -2.03. The van der Waals surface area contributed by atoms with E-state index in [4.69, 9.17) is 9.84 Å². The molecule has 0 unspecified atom stereocenters. The van der Waals surface area contributed by atoms with Gasteiger partial charge in [0.1, 0.15) is 6.61 Å². The molecule has 0 saturated heterocycles. The number of pyridine rings is 1. The Bertz CT molecular complexity index is 599. The number of carboxylic acid groups (broad SMARTS) is 1. The molecule has 1 heterocycles. The average Bonchev–Trinajstić information content (AvgIpc) is 2.41. The zero-order valence-electron chi connectivity index (χ0n) is 9.64. The van der Waals surface area contributed by atoms with E-state index in [2.05, 4.69) is 4.98 Å². The fraction of sp³-hybridized carbons (Fsp3) is 0.0769. The first-order chi connectivity index (χ1) is 9.08. The van der Waals surface area contributed by atoms with Gasteiger partial charge in [-0.15, -0.1) is 0 Å². The molecule has 2 aromatic rings. The molecule has 1 aromatic heterocycles. The minimum atomic E-state index is -1.09. The molecular weight excluding hydrogens is 256 g/mol. The summed E-state index contributed by atoms with van der Waals surface area (Å²) >= 11 is 0. The Morgan fingerprint density at radius 2 is 2.05 bits per heavy atom. The van der Waals surface area contributed by atoms with Gasteiger partial charge in [-0.2, -0.15) is 4.39 Å². The largest absolute Gasteiger partial charge is 0.484 e. The Kier molecular flexibility index (Phi) is 3.70. The van der Waals surface area contributed by atoms with E-state index in [-0.39, 0.29) is 17.9 Å². The van der Waals surface area contributed by atoms with Crippen LogP contribution in [0.1, 0.15) is 16.1 Å². The van der Waals surface area contributed by atoms with Crippen molar-refractivity contribution in [2.45, 2.75) is 6.61 Å². The Hall–Kier alpha value is -2.50. The van der Waals surface area contributed by atoms with Gasteiger partial charge in [-0.25, -0.2) is 9.18 Å². The van der Waals surface area contributed by atoms with Crippen LogP contribution in [0.3, 0.4) is 0 Å². The minimum Gasteiger partial charge on any atom is -0.484 e. The summed E-state index contributed by atoms with van der Waals surface area (Å²) in [6.45, 7) is -0.0831. The molecule has 0 aliphatic carbocycles. The molecule has 0 amide bonds. The summed E-state index contributed by atoms with van der Waals surface area (Å²) in [4.78, 5) is 14.5. The molecule has 0 spiro atoms. The number of hydrogen-bond donors (Lipinski definition) is 1. The summed E-state index contributed by atoms with van der Waals surface area (Å²) in [5, 5.41) is 8.69. The molecule has 1 N–H and O–H groups in total. The summed E-state index contributed by atoms with van der Waals surface area (Å²) in [5.41, 5.74) is 0.453. The number of aromatic carboxylic acids is 1. The van der Waals surface area contributed by atoms with Crippen LogP contribution in [0.25, 0.3) is 0 Å². The zero-order valence-corrected chi connectivity index (χ0v) is 9.64. The van der Waals surface area contributed by atoms with E-state index in [9.17, 15) is 13.6 Å². The Labute approximate surface area is 107 Å². The molecule has 0 saturated carbocycles. The van der Waals surface area contributed by atoms with Crippen LogP contribution in [0.4, 0.5) is 8.78 Å². The number of rotatable bonds is 4. The lowest BCUT2D eigenvalue weighted by atomic mass is 10.2. The second kappa shape index (κ2) is 5.43. The van der Waals surface area contributed by atoms with Gasteiger partial charge in [-0.05, 0) is 24.3 Å². The lowest BCUT2D eigenvalue weighted by molar-refractivity contribution is 0.0696. The maximum Gasteiger partial charge on any atom is 0.337 e. The number of halogens is 2. The van der Waals surface area contributed by atoms with Gasteiger partial charge >= 0.3 is 5.97 Å². The molecule has 1 aromatic carbocycles. The van der Waals surface area contributed by atoms with Gasteiger partial charge < -0.3 is 9.84 Å². The number of ether oxygens (including phenoxy) is 1. The normalized spacial score (nSPS) is 10.2. The number of nitrogens with zero attached hydrogens (tertiary/aromatic N) is 1. The predicted octanol–water partition coefficient (Wildman–Crippen LogP) is 2.64. The Morgan fingerprint density at radius 3 is 2.68 bits per heavy atom. The van der Waals surface area contributed by atoms with Gasteiger partial charge in [-0.1, -0.05) is 6.07 Å². The monoisotopic (exact) mass is 265 g/mol. The van der Waals surface area contributed by atoms with Crippen molar-refractivity contribution in [3.63, 3.8) is 0 Å². The highest BCUT2D eigenvalue weighted by Crippen LogP contribution is 2.20. The van der Waals surface area contributed by atoms with Crippen LogP contribution in [-0.2, 0) is 6.61 Å². The first kappa shape index (κ1) is 12.9. The van der Waals surface area contributed by atoms with Crippen molar-refractivity contribution < 1.29 is 23.4 Å². The van der Waals surface area contributed by atoms with E-state index in [1.165, 1.54) is 30.5 Å². The van der Waals surface area contributed by atoms with Crippen molar-refractivity contribution in [1.82, 2.24) is 4.98 Å². The van der Waals surface area contributed by atoms with Gasteiger partial charge in [0.05, 0.1) is 11.3 Å². The van der Waals surface area contributed by atoms with Crippen molar-refractivity contribution >= 4 is 5.97 Å². The predicted molar refractivity (Wildman–Crippen MR) is 61.9 cm³/mol. The highest BCUT2D eigenvalue weighted by molar-refractivity contribution is 5.87. The summed E-state index contributed by atoms with van der Waals surface area (Å²) in [6.07, 6.45) is 1.17.